The molecule has 0 atom stereocenters. The molecule has 0 aliphatic rings. The van der Waals surface area contributed by atoms with Gasteiger partial charge in [-0.3, -0.25) is 4.79 Å². The van der Waals surface area contributed by atoms with Gasteiger partial charge in [-0.05, 0) is 60.5 Å². The van der Waals surface area contributed by atoms with Crippen LogP contribution >= 0.6 is 0 Å². The SMILES string of the molecule is Cc1ccc2nc3cc4c(=O)c5cc(C)c(S(=O)(=O)[O-])cc5[nH]c4cc3c([O-])c2c1.O.[Al+3].[OH-]. The molecule has 0 unspecified atom stereocenters. The van der Waals surface area contributed by atoms with Crippen molar-refractivity contribution in [1.29, 1.82) is 0 Å². The van der Waals surface area contributed by atoms with E-state index in [0.29, 0.717) is 32.7 Å². The Morgan fingerprint density at radius 3 is 2.15 bits per heavy atom. The molecule has 0 fully saturated rings. The van der Waals surface area contributed by atoms with Crippen molar-refractivity contribution in [2.75, 3.05) is 0 Å². The number of hydrogen-bond acceptors (Lipinski definition) is 7. The summed E-state index contributed by atoms with van der Waals surface area (Å²) < 4.78 is 34.6. The maximum absolute atomic E-state index is 13.1. The van der Waals surface area contributed by atoms with Crippen LogP contribution in [0.2, 0.25) is 0 Å². The number of benzene rings is 3. The molecule has 166 valence electrons. The molecule has 3 aromatic carbocycles. The van der Waals surface area contributed by atoms with Gasteiger partial charge in [0.25, 0.3) is 0 Å². The normalized spacial score (nSPS) is 11.2. The predicted molar refractivity (Wildman–Crippen MR) is 123 cm³/mol. The first-order valence-electron chi connectivity index (χ1n) is 9.11. The number of fused-ring (bicyclic) bond motifs is 4. The second-order valence-corrected chi connectivity index (χ2v) is 8.80. The van der Waals surface area contributed by atoms with Crippen LogP contribution in [0.5, 0.6) is 5.75 Å². The van der Waals surface area contributed by atoms with Gasteiger partial charge in [-0.25, -0.2) is 13.4 Å². The summed E-state index contributed by atoms with van der Waals surface area (Å²) in [5, 5.41) is 14.4. The molecule has 0 amide bonds. The van der Waals surface area contributed by atoms with Crippen LogP contribution in [0.15, 0.2) is 52.2 Å². The number of aryl methyl sites for hydroxylation is 2. The Bertz CT molecular complexity index is 1730. The third-order valence-electron chi connectivity index (χ3n) is 5.36. The molecule has 11 heteroatoms. The van der Waals surface area contributed by atoms with Crippen molar-refractivity contribution in [2.24, 2.45) is 0 Å². The zero-order valence-electron chi connectivity index (χ0n) is 17.5. The molecule has 2 heterocycles. The summed E-state index contributed by atoms with van der Waals surface area (Å²) in [7, 11) is -4.69. The Hall–Kier alpha value is -3.04. The minimum atomic E-state index is -4.69. The second kappa shape index (κ2) is 8.72. The topological polar surface area (TPSA) is 188 Å². The van der Waals surface area contributed by atoms with Crippen LogP contribution < -0.4 is 10.5 Å². The standard InChI is InChI=1S/C22H16N2O5S.Al.2H2O/c1-10-3-4-16-12(5-10)21(25)14-8-18-15(7-17(14)23-16)22(26)13-6-11(2)20(30(27,28)29)9-19(13)24-18;;;/h3-9H,1-2H3,(H,23,25)(H,24,26)(H,27,28,29);;2*1H2/q;+3;;/p-3. The van der Waals surface area contributed by atoms with E-state index in [-0.39, 0.29) is 56.0 Å². The van der Waals surface area contributed by atoms with Crippen molar-refractivity contribution in [3.63, 3.8) is 0 Å². The maximum Gasteiger partial charge on any atom is 3.00 e. The molecule has 2 aromatic heterocycles. The first-order valence-corrected chi connectivity index (χ1v) is 10.5. The average Bonchev–Trinajstić information content (AvgIpc) is 2.68. The zero-order valence-corrected chi connectivity index (χ0v) is 19.4. The third kappa shape index (κ3) is 4.07. The van der Waals surface area contributed by atoms with Gasteiger partial charge in [-0.2, -0.15) is 0 Å². The molecule has 0 saturated carbocycles. The Balaban J connectivity index is 0.00000128. The number of aromatic amines is 1. The summed E-state index contributed by atoms with van der Waals surface area (Å²) in [5.41, 5.74) is 2.33. The smallest absolute Gasteiger partial charge is 0.872 e. The van der Waals surface area contributed by atoms with Crippen molar-refractivity contribution in [3.8, 4) is 5.75 Å². The van der Waals surface area contributed by atoms with Gasteiger partial charge in [0.1, 0.15) is 10.1 Å². The fourth-order valence-electron chi connectivity index (χ4n) is 3.90. The van der Waals surface area contributed by atoms with Gasteiger partial charge < -0.3 is 25.6 Å². The number of aromatic nitrogens is 2. The number of nitrogens with one attached hydrogen (secondary N) is 1. The van der Waals surface area contributed by atoms with E-state index in [0.717, 1.165) is 11.6 Å². The van der Waals surface area contributed by atoms with Crippen LogP contribution in [0, 0.1) is 13.8 Å². The van der Waals surface area contributed by atoms with E-state index in [1.165, 1.54) is 13.0 Å². The van der Waals surface area contributed by atoms with Crippen molar-refractivity contribution < 1.29 is 29.0 Å². The molecule has 0 aliphatic heterocycles. The van der Waals surface area contributed by atoms with Crippen molar-refractivity contribution in [2.45, 2.75) is 18.7 Å². The Kier molecular flexibility index (Phi) is 6.93. The molecule has 0 saturated heterocycles. The summed E-state index contributed by atoms with van der Waals surface area (Å²) in [5.74, 6) is -0.201. The van der Waals surface area contributed by atoms with Gasteiger partial charge >= 0.3 is 17.4 Å². The summed E-state index contributed by atoms with van der Waals surface area (Å²) in [6.07, 6.45) is 0. The first-order chi connectivity index (χ1) is 14.1. The molecular formula is C22H17AlN2O7S. The van der Waals surface area contributed by atoms with Crippen LogP contribution in [-0.2, 0) is 10.1 Å². The summed E-state index contributed by atoms with van der Waals surface area (Å²) >= 11 is 0. The molecule has 9 nitrogen and oxygen atoms in total. The van der Waals surface area contributed by atoms with E-state index in [9.17, 15) is 22.9 Å². The molecule has 4 N–H and O–H groups in total. The summed E-state index contributed by atoms with van der Waals surface area (Å²) in [6.45, 7) is 3.35. The minimum absolute atomic E-state index is 0. The van der Waals surface area contributed by atoms with Crippen LogP contribution in [-0.4, -0.2) is 51.3 Å². The van der Waals surface area contributed by atoms with Gasteiger partial charge in [-0.15, -0.1) is 0 Å². The summed E-state index contributed by atoms with van der Waals surface area (Å²) in [6, 6.07) is 11.1. The molecule has 5 rings (SSSR count). The van der Waals surface area contributed by atoms with Crippen molar-refractivity contribution in [3.05, 3.63) is 63.8 Å². The van der Waals surface area contributed by atoms with Crippen molar-refractivity contribution in [1.82, 2.24) is 9.97 Å². The van der Waals surface area contributed by atoms with Gasteiger partial charge in [0.05, 0.1) is 27.0 Å². The van der Waals surface area contributed by atoms with Crippen LogP contribution in [0.3, 0.4) is 0 Å². The van der Waals surface area contributed by atoms with E-state index >= 15 is 0 Å². The molecule has 5 aromatic rings. The first kappa shape index (κ1) is 26.2. The van der Waals surface area contributed by atoms with E-state index in [2.05, 4.69) is 9.97 Å². The number of pyridine rings is 2. The molecule has 0 bridgehead atoms. The van der Waals surface area contributed by atoms with Crippen LogP contribution in [0.1, 0.15) is 11.1 Å². The predicted octanol–water partition coefficient (Wildman–Crippen LogP) is 1.59. The van der Waals surface area contributed by atoms with Gasteiger partial charge in [0.2, 0.25) is 0 Å². The zero-order chi connectivity index (χ0) is 21.4. The van der Waals surface area contributed by atoms with Crippen LogP contribution in [0.25, 0.3) is 43.6 Å². The van der Waals surface area contributed by atoms with E-state index in [4.69, 9.17) is 0 Å². The number of hydrogen-bond donors (Lipinski definition) is 1. The molecule has 0 radical (unpaired) electrons. The van der Waals surface area contributed by atoms with Gasteiger partial charge in [0.15, 0.2) is 5.43 Å². The largest absolute Gasteiger partial charge is 3.00 e. The monoisotopic (exact) mass is 480 g/mol. The van der Waals surface area contributed by atoms with Crippen molar-refractivity contribution >= 4 is 71.1 Å². The van der Waals surface area contributed by atoms with E-state index in [1.54, 1.807) is 24.3 Å². The molecular weight excluding hydrogens is 463 g/mol. The number of H-pyrrole nitrogens is 1. The van der Waals surface area contributed by atoms with Gasteiger partial charge in [-0.1, -0.05) is 23.4 Å². The second-order valence-electron chi connectivity index (χ2n) is 7.45. The third-order valence-corrected chi connectivity index (χ3v) is 6.34. The molecule has 0 aliphatic carbocycles. The molecule has 33 heavy (non-hydrogen) atoms. The minimum Gasteiger partial charge on any atom is -0.872 e. The van der Waals surface area contributed by atoms with E-state index in [1.807, 2.05) is 13.0 Å². The summed E-state index contributed by atoms with van der Waals surface area (Å²) in [4.78, 5) is 20.2. The van der Waals surface area contributed by atoms with Gasteiger partial charge in [0, 0.05) is 10.8 Å². The van der Waals surface area contributed by atoms with Crippen LogP contribution in [0.4, 0.5) is 0 Å². The Morgan fingerprint density at radius 1 is 0.879 bits per heavy atom. The van der Waals surface area contributed by atoms with E-state index < -0.39 is 15.0 Å². The maximum atomic E-state index is 13.1. The number of rotatable bonds is 1. The average molecular weight is 480 g/mol. The number of nitrogens with zero attached hydrogens (tertiary/aromatic N) is 1. The Morgan fingerprint density at radius 2 is 1.48 bits per heavy atom. The Labute approximate surface area is 198 Å². The molecule has 0 spiro atoms. The fourth-order valence-corrected chi connectivity index (χ4v) is 4.61. The fraction of sp³-hybridized carbons (Fsp3) is 0.0909. The quantitative estimate of drug-likeness (QED) is 0.214.